The number of hydrogen-bond acceptors (Lipinski definition) is 3. The summed E-state index contributed by atoms with van der Waals surface area (Å²) in [5, 5.41) is 2.92. The van der Waals surface area contributed by atoms with Gasteiger partial charge in [0.15, 0.2) is 0 Å². The lowest BCUT2D eigenvalue weighted by Crippen LogP contribution is -2.15. The topological polar surface area (TPSA) is 45.2 Å². The molecule has 1 amide bonds. The molecule has 0 aliphatic rings. The van der Waals surface area contributed by atoms with Gasteiger partial charge in [0, 0.05) is 31.5 Å². The van der Waals surface area contributed by atoms with Crippen molar-refractivity contribution in [2.45, 2.75) is 13.8 Å². The number of amides is 1. The van der Waals surface area contributed by atoms with Crippen LogP contribution in [-0.2, 0) is 0 Å². The molecule has 0 radical (unpaired) electrons. The molecule has 0 spiro atoms. The molecule has 0 saturated carbocycles. The molecule has 1 heterocycles. The first-order valence-electron chi connectivity index (χ1n) is 6.49. The normalized spacial score (nSPS) is 10.2. The Labute approximate surface area is 119 Å². The number of nitrogens with one attached hydrogen (secondary N) is 1. The van der Waals surface area contributed by atoms with E-state index >= 15 is 0 Å². The summed E-state index contributed by atoms with van der Waals surface area (Å²) in [7, 11) is 3.79. The molecule has 0 saturated heterocycles. The highest BCUT2D eigenvalue weighted by atomic mass is 16.1. The second-order valence-corrected chi connectivity index (χ2v) is 5.13. The molecule has 1 N–H and O–H groups in total. The number of aromatic nitrogens is 1. The minimum atomic E-state index is -0.125. The predicted molar refractivity (Wildman–Crippen MR) is 82.4 cm³/mol. The van der Waals surface area contributed by atoms with Gasteiger partial charge in [-0.2, -0.15) is 0 Å². The van der Waals surface area contributed by atoms with Crippen molar-refractivity contribution in [1.29, 1.82) is 0 Å². The van der Waals surface area contributed by atoms with Gasteiger partial charge in [-0.3, -0.25) is 4.79 Å². The zero-order chi connectivity index (χ0) is 14.7. The number of pyridine rings is 1. The van der Waals surface area contributed by atoms with Gasteiger partial charge in [-0.15, -0.1) is 0 Å². The first kappa shape index (κ1) is 14.1. The van der Waals surface area contributed by atoms with Crippen LogP contribution in [0.4, 0.5) is 11.5 Å². The summed E-state index contributed by atoms with van der Waals surface area (Å²) in [5.41, 5.74) is 3.67. The van der Waals surface area contributed by atoms with Crippen molar-refractivity contribution in [3.63, 3.8) is 0 Å². The Kier molecular flexibility index (Phi) is 4.03. The standard InChI is InChI=1S/C16H19N3O/c1-11-7-12(2)9-14(8-11)18-16(20)13-5-6-17-15(10-13)19(3)4/h5-10H,1-4H3,(H,18,20). The van der Waals surface area contributed by atoms with Gasteiger partial charge in [-0.25, -0.2) is 4.98 Å². The number of nitrogens with zero attached hydrogens (tertiary/aromatic N) is 2. The van der Waals surface area contributed by atoms with Gasteiger partial charge >= 0.3 is 0 Å². The fourth-order valence-electron chi connectivity index (χ4n) is 2.05. The van der Waals surface area contributed by atoms with E-state index in [0.717, 1.165) is 22.6 Å². The lowest BCUT2D eigenvalue weighted by Gasteiger charge is -2.12. The quantitative estimate of drug-likeness (QED) is 0.931. The SMILES string of the molecule is Cc1cc(C)cc(NC(=O)c2ccnc(N(C)C)c2)c1. The van der Waals surface area contributed by atoms with Gasteiger partial charge in [0.1, 0.15) is 5.82 Å². The van der Waals surface area contributed by atoms with Gasteiger partial charge in [-0.1, -0.05) is 6.07 Å². The highest BCUT2D eigenvalue weighted by Gasteiger charge is 2.08. The molecular formula is C16H19N3O. The van der Waals surface area contributed by atoms with Gasteiger partial charge < -0.3 is 10.2 Å². The summed E-state index contributed by atoms with van der Waals surface area (Å²) in [5.74, 6) is 0.638. The molecule has 4 heteroatoms. The van der Waals surface area contributed by atoms with Gasteiger partial charge in [0.2, 0.25) is 0 Å². The number of aryl methyl sites for hydroxylation is 2. The number of anilines is 2. The third kappa shape index (κ3) is 3.35. The largest absolute Gasteiger partial charge is 0.363 e. The van der Waals surface area contributed by atoms with Crippen LogP contribution in [-0.4, -0.2) is 25.0 Å². The minimum Gasteiger partial charge on any atom is -0.363 e. The molecule has 0 aliphatic carbocycles. The third-order valence-electron chi connectivity index (χ3n) is 2.95. The Hall–Kier alpha value is -2.36. The Morgan fingerprint density at radius 2 is 1.75 bits per heavy atom. The highest BCUT2D eigenvalue weighted by molar-refractivity contribution is 6.04. The summed E-state index contributed by atoms with van der Waals surface area (Å²) in [4.78, 5) is 18.3. The van der Waals surface area contributed by atoms with Gasteiger partial charge in [-0.05, 0) is 49.2 Å². The molecule has 0 atom stereocenters. The summed E-state index contributed by atoms with van der Waals surface area (Å²) in [6.07, 6.45) is 1.64. The van der Waals surface area contributed by atoms with E-state index in [1.54, 1.807) is 18.3 Å². The van der Waals surface area contributed by atoms with Crippen LogP contribution in [0.3, 0.4) is 0 Å². The molecule has 0 bridgehead atoms. The molecule has 20 heavy (non-hydrogen) atoms. The van der Waals surface area contributed by atoms with E-state index in [9.17, 15) is 4.79 Å². The number of hydrogen-bond donors (Lipinski definition) is 1. The molecule has 1 aromatic heterocycles. The van der Waals surface area contributed by atoms with Crippen LogP contribution in [0.1, 0.15) is 21.5 Å². The zero-order valence-corrected chi connectivity index (χ0v) is 12.3. The summed E-state index contributed by atoms with van der Waals surface area (Å²) < 4.78 is 0. The molecule has 0 unspecified atom stereocenters. The van der Waals surface area contributed by atoms with Crippen LogP contribution in [0.15, 0.2) is 36.5 Å². The van der Waals surface area contributed by atoms with Crippen LogP contribution in [0.5, 0.6) is 0 Å². The highest BCUT2D eigenvalue weighted by Crippen LogP contribution is 2.16. The Bertz CT molecular complexity index is 615. The maximum Gasteiger partial charge on any atom is 0.255 e. The van der Waals surface area contributed by atoms with Gasteiger partial charge in [0.25, 0.3) is 5.91 Å². The molecule has 2 aromatic rings. The van der Waals surface area contributed by atoms with Crippen LogP contribution in [0.2, 0.25) is 0 Å². The average molecular weight is 269 g/mol. The number of rotatable bonds is 3. The van der Waals surface area contributed by atoms with E-state index in [4.69, 9.17) is 0 Å². The van der Waals surface area contributed by atoms with Crippen LogP contribution >= 0.6 is 0 Å². The fourth-order valence-corrected chi connectivity index (χ4v) is 2.05. The van der Waals surface area contributed by atoms with E-state index in [1.165, 1.54) is 0 Å². The first-order valence-corrected chi connectivity index (χ1v) is 6.49. The predicted octanol–water partition coefficient (Wildman–Crippen LogP) is 3.02. The average Bonchev–Trinajstić information content (AvgIpc) is 2.37. The monoisotopic (exact) mass is 269 g/mol. The summed E-state index contributed by atoms with van der Waals surface area (Å²) in [6.45, 7) is 4.03. The van der Waals surface area contributed by atoms with Crippen molar-refractivity contribution in [2.24, 2.45) is 0 Å². The Balaban J connectivity index is 2.21. The van der Waals surface area contributed by atoms with E-state index in [0.29, 0.717) is 5.56 Å². The van der Waals surface area contributed by atoms with Crippen molar-refractivity contribution in [1.82, 2.24) is 4.98 Å². The fraction of sp³-hybridized carbons (Fsp3) is 0.250. The third-order valence-corrected chi connectivity index (χ3v) is 2.95. The molecule has 104 valence electrons. The molecule has 2 rings (SSSR count). The van der Waals surface area contributed by atoms with E-state index in [-0.39, 0.29) is 5.91 Å². The van der Waals surface area contributed by atoms with Crippen molar-refractivity contribution in [3.05, 3.63) is 53.2 Å². The second kappa shape index (κ2) is 5.74. The smallest absolute Gasteiger partial charge is 0.255 e. The summed E-state index contributed by atoms with van der Waals surface area (Å²) in [6, 6.07) is 9.48. The Morgan fingerprint density at radius 3 is 2.35 bits per heavy atom. The zero-order valence-electron chi connectivity index (χ0n) is 12.3. The van der Waals surface area contributed by atoms with Crippen LogP contribution < -0.4 is 10.2 Å². The molecule has 0 fully saturated rings. The first-order chi connectivity index (χ1) is 9.45. The molecule has 0 aliphatic heterocycles. The number of benzene rings is 1. The number of carbonyl (C=O) groups is 1. The second-order valence-electron chi connectivity index (χ2n) is 5.13. The lowest BCUT2D eigenvalue weighted by molar-refractivity contribution is 0.102. The van der Waals surface area contributed by atoms with Crippen LogP contribution in [0.25, 0.3) is 0 Å². The maximum absolute atomic E-state index is 12.3. The molecule has 4 nitrogen and oxygen atoms in total. The van der Waals surface area contributed by atoms with Crippen molar-refractivity contribution in [3.8, 4) is 0 Å². The van der Waals surface area contributed by atoms with Crippen molar-refractivity contribution in [2.75, 3.05) is 24.3 Å². The van der Waals surface area contributed by atoms with E-state index < -0.39 is 0 Å². The lowest BCUT2D eigenvalue weighted by atomic mass is 10.1. The van der Waals surface area contributed by atoms with Crippen molar-refractivity contribution >= 4 is 17.4 Å². The Morgan fingerprint density at radius 1 is 1.10 bits per heavy atom. The number of carbonyl (C=O) groups excluding carboxylic acids is 1. The van der Waals surface area contributed by atoms with Crippen LogP contribution in [0, 0.1) is 13.8 Å². The van der Waals surface area contributed by atoms with Gasteiger partial charge in [0.05, 0.1) is 0 Å². The molecular weight excluding hydrogens is 250 g/mol. The van der Waals surface area contributed by atoms with Crippen molar-refractivity contribution < 1.29 is 4.79 Å². The van der Waals surface area contributed by atoms with E-state index in [1.807, 2.05) is 45.0 Å². The molecule has 1 aromatic carbocycles. The summed E-state index contributed by atoms with van der Waals surface area (Å²) >= 11 is 0. The van der Waals surface area contributed by atoms with E-state index in [2.05, 4.69) is 16.4 Å². The maximum atomic E-state index is 12.3. The minimum absolute atomic E-state index is 0.125.